The molecule has 2 aliphatic rings. The number of carbonyl (C=O) groups is 2. The van der Waals surface area contributed by atoms with Gasteiger partial charge in [0.1, 0.15) is 6.04 Å². The maximum atomic E-state index is 12.9. The summed E-state index contributed by atoms with van der Waals surface area (Å²) < 4.78 is 0. The lowest BCUT2D eigenvalue weighted by molar-refractivity contribution is -0.144. The van der Waals surface area contributed by atoms with E-state index < -0.39 is 12.1 Å². The lowest BCUT2D eigenvalue weighted by Crippen LogP contribution is -2.54. The van der Waals surface area contributed by atoms with Crippen molar-refractivity contribution in [3.05, 3.63) is 35.4 Å². The van der Waals surface area contributed by atoms with Crippen molar-refractivity contribution in [1.82, 2.24) is 15.5 Å². The van der Waals surface area contributed by atoms with E-state index in [2.05, 4.69) is 10.6 Å². The third-order valence-corrected chi connectivity index (χ3v) is 5.71. The normalized spacial score (nSPS) is 25.3. The van der Waals surface area contributed by atoms with E-state index in [1.807, 2.05) is 38.1 Å². The molecule has 0 aliphatic carbocycles. The molecule has 150 valence electrons. The van der Waals surface area contributed by atoms with Crippen molar-refractivity contribution in [3.8, 4) is 0 Å². The average Bonchev–Trinajstić information content (AvgIpc) is 3.08. The molecule has 1 saturated heterocycles. The minimum atomic E-state index is -0.488. The minimum absolute atomic E-state index is 0. The zero-order chi connectivity index (χ0) is 18.7. The number of aliphatic hydroxyl groups excluding tert-OH is 1. The molecule has 2 amide bonds. The van der Waals surface area contributed by atoms with Gasteiger partial charge in [-0.15, -0.1) is 12.4 Å². The zero-order valence-electron chi connectivity index (χ0n) is 16.0. The number of nitrogens with zero attached hydrogens (tertiary/aromatic N) is 1. The van der Waals surface area contributed by atoms with Crippen LogP contribution in [0.15, 0.2) is 24.3 Å². The third kappa shape index (κ3) is 4.81. The summed E-state index contributed by atoms with van der Waals surface area (Å²) in [5.41, 5.74) is 2.24. The molecule has 6 nitrogen and oxygen atoms in total. The van der Waals surface area contributed by atoms with Crippen molar-refractivity contribution in [1.29, 1.82) is 0 Å². The first-order chi connectivity index (χ1) is 12.5. The summed E-state index contributed by atoms with van der Waals surface area (Å²) >= 11 is 0. The van der Waals surface area contributed by atoms with Gasteiger partial charge in [-0.3, -0.25) is 9.59 Å². The molecule has 1 aromatic rings. The Hall–Kier alpha value is -1.63. The highest BCUT2D eigenvalue weighted by Gasteiger charge is 2.36. The van der Waals surface area contributed by atoms with Gasteiger partial charge in [0.25, 0.3) is 0 Å². The SMILES string of the molecule is CCC(C)C(=O)N1Cc2ccccc2CC1C(=O)NCC1CNCC1O.Cl. The van der Waals surface area contributed by atoms with Gasteiger partial charge in [0.15, 0.2) is 0 Å². The van der Waals surface area contributed by atoms with Gasteiger partial charge in [0.05, 0.1) is 6.10 Å². The Morgan fingerprint density at radius 2 is 2.00 bits per heavy atom. The van der Waals surface area contributed by atoms with Crippen molar-refractivity contribution in [2.75, 3.05) is 19.6 Å². The molecule has 3 rings (SSSR count). The summed E-state index contributed by atoms with van der Waals surface area (Å²) in [6, 6.07) is 7.52. The highest BCUT2D eigenvalue weighted by atomic mass is 35.5. The van der Waals surface area contributed by atoms with Crippen molar-refractivity contribution in [3.63, 3.8) is 0 Å². The Bertz CT molecular complexity index is 670. The number of halogens is 1. The molecule has 0 bridgehead atoms. The van der Waals surface area contributed by atoms with Crippen LogP contribution in [-0.2, 0) is 22.6 Å². The van der Waals surface area contributed by atoms with Crippen LogP contribution in [0.5, 0.6) is 0 Å². The van der Waals surface area contributed by atoms with Crippen LogP contribution in [0.25, 0.3) is 0 Å². The van der Waals surface area contributed by atoms with Gasteiger partial charge in [0.2, 0.25) is 11.8 Å². The van der Waals surface area contributed by atoms with Gasteiger partial charge in [-0.25, -0.2) is 0 Å². The first-order valence-electron chi connectivity index (χ1n) is 9.55. The number of amides is 2. The Labute approximate surface area is 167 Å². The van der Waals surface area contributed by atoms with Crippen LogP contribution >= 0.6 is 12.4 Å². The second-order valence-corrected chi connectivity index (χ2v) is 7.49. The average molecular weight is 396 g/mol. The summed E-state index contributed by atoms with van der Waals surface area (Å²) in [6.07, 6.45) is 0.862. The van der Waals surface area contributed by atoms with Gasteiger partial charge >= 0.3 is 0 Å². The first-order valence-corrected chi connectivity index (χ1v) is 9.55. The zero-order valence-corrected chi connectivity index (χ0v) is 16.8. The molecule has 4 atom stereocenters. The number of rotatable bonds is 5. The number of carbonyl (C=O) groups excluding carboxylic acids is 2. The van der Waals surface area contributed by atoms with E-state index in [0.29, 0.717) is 32.6 Å². The van der Waals surface area contributed by atoms with E-state index >= 15 is 0 Å². The Balaban J connectivity index is 0.00000261. The summed E-state index contributed by atoms with van der Waals surface area (Å²) in [6.45, 7) is 6.07. The Kier molecular flexibility index (Phi) is 7.65. The Morgan fingerprint density at radius 1 is 1.30 bits per heavy atom. The molecule has 0 spiro atoms. The van der Waals surface area contributed by atoms with E-state index in [-0.39, 0.29) is 36.1 Å². The van der Waals surface area contributed by atoms with Crippen molar-refractivity contribution < 1.29 is 14.7 Å². The molecule has 7 heteroatoms. The molecule has 4 unspecified atom stereocenters. The monoisotopic (exact) mass is 395 g/mol. The molecular weight excluding hydrogens is 366 g/mol. The summed E-state index contributed by atoms with van der Waals surface area (Å²) in [5.74, 6) is -0.176. The molecule has 27 heavy (non-hydrogen) atoms. The molecular formula is C20H30ClN3O3. The summed E-state index contributed by atoms with van der Waals surface area (Å²) in [4.78, 5) is 27.5. The lowest BCUT2D eigenvalue weighted by atomic mass is 9.91. The van der Waals surface area contributed by atoms with E-state index in [0.717, 1.165) is 17.5 Å². The second-order valence-electron chi connectivity index (χ2n) is 7.49. The van der Waals surface area contributed by atoms with Crippen LogP contribution in [0, 0.1) is 11.8 Å². The van der Waals surface area contributed by atoms with Crippen LogP contribution in [0.3, 0.4) is 0 Å². The van der Waals surface area contributed by atoms with Gasteiger partial charge < -0.3 is 20.6 Å². The predicted molar refractivity (Wildman–Crippen MR) is 107 cm³/mol. The number of hydrogen-bond acceptors (Lipinski definition) is 4. The van der Waals surface area contributed by atoms with Crippen LogP contribution in [0.1, 0.15) is 31.4 Å². The summed E-state index contributed by atoms with van der Waals surface area (Å²) in [7, 11) is 0. The Morgan fingerprint density at radius 3 is 2.63 bits per heavy atom. The summed E-state index contributed by atoms with van der Waals surface area (Å²) in [5, 5.41) is 16.0. The standard InChI is InChI=1S/C20H29N3O3.ClH/c1-3-13(2)20(26)23-12-15-7-5-4-6-14(15)8-17(23)19(25)22-10-16-9-21-11-18(16)24;/h4-7,13,16-18,21,24H,3,8-12H2,1-2H3,(H,22,25);1H. The fourth-order valence-electron chi connectivity index (χ4n) is 3.72. The van der Waals surface area contributed by atoms with Gasteiger partial charge in [-0.1, -0.05) is 38.1 Å². The first kappa shape index (κ1) is 21.7. The predicted octanol–water partition coefficient (Wildman–Crippen LogP) is 1.10. The fourth-order valence-corrected chi connectivity index (χ4v) is 3.72. The van der Waals surface area contributed by atoms with Gasteiger partial charge in [-0.2, -0.15) is 0 Å². The lowest BCUT2D eigenvalue weighted by Gasteiger charge is -2.37. The largest absolute Gasteiger partial charge is 0.391 e. The highest BCUT2D eigenvalue weighted by molar-refractivity contribution is 5.89. The molecule has 0 saturated carbocycles. The molecule has 2 aliphatic heterocycles. The number of nitrogens with one attached hydrogen (secondary N) is 2. The van der Waals surface area contributed by atoms with Crippen LogP contribution in [0.2, 0.25) is 0 Å². The second kappa shape index (κ2) is 9.53. The van der Waals surface area contributed by atoms with Gasteiger partial charge in [0, 0.05) is 44.4 Å². The highest BCUT2D eigenvalue weighted by Crippen LogP contribution is 2.25. The number of β-amino-alcohol motifs (C(OH)–C–C–N with tert-alkyl or cyclic N) is 1. The fraction of sp³-hybridized carbons (Fsp3) is 0.600. The topological polar surface area (TPSA) is 81.7 Å². The molecule has 1 aromatic carbocycles. The van der Waals surface area contributed by atoms with Crippen LogP contribution in [-0.4, -0.2) is 53.6 Å². The van der Waals surface area contributed by atoms with Crippen molar-refractivity contribution in [2.24, 2.45) is 11.8 Å². The minimum Gasteiger partial charge on any atom is -0.391 e. The van der Waals surface area contributed by atoms with Crippen LogP contribution < -0.4 is 10.6 Å². The number of aliphatic hydroxyl groups is 1. The molecule has 3 N–H and O–H groups in total. The van der Waals surface area contributed by atoms with E-state index in [1.54, 1.807) is 4.90 Å². The van der Waals surface area contributed by atoms with E-state index in [4.69, 9.17) is 0 Å². The van der Waals surface area contributed by atoms with Gasteiger partial charge in [-0.05, 0) is 17.5 Å². The molecule has 0 radical (unpaired) electrons. The maximum Gasteiger partial charge on any atom is 0.243 e. The quantitative estimate of drug-likeness (QED) is 0.697. The third-order valence-electron chi connectivity index (χ3n) is 5.71. The van der Waals surface area contributed by atoms with E-state index in [9.17, 15) is 14.7 Å². The molecule has 2 heterocycles. The van der Waals surface area contributed by atoms with E-state index in [1.165, 1.54) is 0 Å². The van der Waals surface area contributed by atoms with Crippen molar-refractivity contribution in [2.45, 2.75) is 45.4 Å². The smallest absolute Gasteiger partial charge is 0.243 e. The number of fused-ring (bicyclic) bond motifs is 1. The molecule has 1 fully saturated rings. The number of benzene rings is 1. The number of hydrogen-bond donors (Lipinski definition) is 3. The van der Waals surface area contributed by atoms with Crippen molar-refractivity contribution >= 4 is 24.2 Å². The van der Waals surface area contributed by atoms with Crippen LogP contribution in [0.4, 0.5) is 0 Å². The molecule has 0 aromatic heterocycles. The maximum absolute atomic E-state index is 12.9.